The molecular weight excluding hydrogens is 808 g/mol. The Balaban J connectivity index is 0.00000448. The number of hydrogen-bond acceptors (Lipinski definition) is 3. The van der Waals surface area contributed by atoms with Crippen LogP contribution in [0.5, 0.6) is 11.5 Å². The minimum absolute atomic E-state index is 0. The van der Waals surface area contributed by atoms with Gasteiger partial charge in [-0.2, -0.15) is 11.2 Å². The number of hydrogen-bond donors (Lipinski definition) is 0. The standard InChI is InChI=1S/C45H46N4O.Pt/c1-27(2)21-33-19-20-46-42(22-33)48-40-16-11-10-15-38(40)39-18-17-36(26-41(39)48)50-37-24-34(28(3)4)23-35(25-37)49-45(29(5)6)44(32(9)47-49)43-30(7)13-12-14-31(43)8;/h10-20,22-24,27-29H,21H2,1-9H3;/q-2;+2. The molecule has 7 aromatic rings. The maximum Gasteiger partial charge on any atom is 2.00 e. The fourth-order valence-electron chi connectivity index (χ4n) is 7.30. The summed E-state index contributed by atoms with van der Waals surface area (Å²) < 4.78 is 11.0. The first-order valence-electron chi connectivity index (χ1n) is 17.8. The molecule has 0 N–H and O–H groups in total. The van der Waals surface area contributed by atoms with Crippen molar-refractivity contribution in [2.75, 3.05) is 0 Å². The summed E-state index contributed by atoms with van der Waals surface area (Å²) in [5.74, 6) is 3.21. The molecule has 3 heterocycles. The molecule has 7 rings (SSSR count). The molecule has 0 saturated carbocycles. The molecule has 0 aliphatic carbocycles. The maximum atomic E-state index is 6.68. The third-order valence-electron chi connectivity index (χ3n) is 9.58. The number of rotatable bonds is 9. The first-order chi connectivity index (χ1) is 24.0. The zero-order valence-electron chi connectivity index (χ0n) is 31.0. The molecule has 0 bridgehead atoms. The van der Waals surface area contributed by atoms with Gasteiger partial charge in [-0.1, -0.05) is 83.5 Å². The van der Waals surface area contributed by atoms with Crippen molar-refractivity contribution in [2.24, 2.45) is 5.92 Å². The molecule has 6 heteroatoms. The Kier molecular flexibility index (Phi) is 10.4. The molecule has 3 aromatic heterocycles. The van der Waals surface area contributed by atoms with E-state index in [2.05, 4.69) is 156 Å². The first kappa shape index (κ1) is 36.3. The van der Waals surface area contributed by atoms with E-state index in [-0.39, 0.29) is 32.9 Å². The summed E-state index contributed by atoms with van der Waals surface area (Å²) in [5.41, 5.74) is 12.5. The summed E-state index contributed by atoms with van der Waals surface area (Å²) in [6, 6.07) is 35.0. The molecule has 4 aromatic carbocycles. The molecular formula is C45H46N4OPt. The summed E-state index contributed by atoms with van der Waals surface area (Å²) in [6.45, 7) is 19.9. The molecule has 0 aliphatic rings. The monoisotopic (exact) mass is 853 g/mol. The Morgan fingerprint density at radius 1 is 0.725 bits per heavy atom. The van der Waals surface area contributed by atoms with Crippen LogP contribution in [0.1, 0.15) is 87.0 Å². The van der Waals surface area contributed by atoms with Gasteiger partial charge in [0.1, 0.15) is 5.82 Å². The summed E-state index contributed by atoms with van der Waals surface area (Å²) >= 11 is 0. The number of aromatic nitrogens is 4. The van der Waals surface area contributed by atoms with E-state index in [0.717, 1.165) is 51.0 Å². The predicted molar refractivity (Wildman–Crippen MR) is 206 cm³/mol. The van der Waals surface area contributed by atoms with Gasteiger partial charge in [-0.05, 0) is 96.5 Å². The van der Waals surface area contributed by atoms with E-state index in [4.69, 9.17) is 14.8 Å². The van der Waals surface area contributed by atoms with Crippen molar-refractivity contribution in [3.63, 3.8) is 0 Å². The number of fused-ring (bicyclic) bond motifs is 3. The average Bonchev–Trinajstić information content (AvgIpc) is 3.59. The van der Waals surface area contributed by atoms with Crippen molar-refractivity contribution in [1.82, 2.24) is 19.3 Å². The number of benzene rings is 4. The molecule has 0 spiro atoms. The summed E-state index contributed by atoms with van der Waals surface area (Å²) in [4.78, 5) is 4.83. The van der Waals surface area contributed by atoms with Crippen LogP contribution in [0, 0.1) is 38.8 Å². The quantitative estimate of drug-likeness (QED) is 0.136. The number of nitrogens with zero attached hydrogens (tertiary/aromatic N) is 4. The van der Waals surface area contributed by atoms with Crippen LogP contribution in [0.15, 0.2) is 85.1 Å². The zero-order valence-corrected chi connectivity index (χ0v) is 33.3. The average molecular weight is 854 g/mol. The summed E-state index contributed by atoms with van der Waals surface area (Å²) in [5, 5.41) is 7.42. The first-order valence-corrected chi connectivity index (χ1v) is 17.8. The van der Waals surface area contributed by atoms with Crippen molar-refractivity contribution in [2.45, 2.75) is 80.6 Å². The van der Waals surface area contributed by atoms with E-state index in [1.165, 1.54) is 33.5 Å². The third-order valence-corrected chi connectivity index (χ3v) is 9.58. The molecule has 51 heavy (non-hydrogen) atoms. The van der Waals surface area contributed by atoms with Crippen LogP contribution < -0.4 is 4.74 Å². The van der Waals surface area contributed by atoms with Gasteiger partial charge in [-0.3, -0.25) is 4.68 Å². The predicted octanol–water partition coefficient (Wildman–Crippen LogP) is 11.8. The molecule has 0 aliphatic heterocycles. The van der Waals surface area contributed by atoms with Crippen LogP contribution >= 0.6 is 0 Å². The fraction of sp³-hybridized carbons (Fsp3) is 0.289. The minimum Gasteiger partial charge on any atom is -0.509 e. The molecule has 5 nitrogen and oxygen atoms in total. The topological polar surface area (TPSA) is 44.9 Å². The third kappa shape index (κ3) is 6.94. The molecule has 0 atom stereocenters. The smallest absolute Gasteiger partial charge is 0.509 e. The second-order valence-electron chi connectivity index (χ2n) is 14.7. The van der Waals surface area contributed by atoms with Crippen LogP contribution in [0.3, 0.4) is 0 Å². The van der Waals surface area contributed by atoms with Gasteiger partial charge in [-0.25, -0.2) is 4.98 Å². The SMILES string of the molecule is Cc1cccc(C)c1-c1c(C)nn(-c2[c-]c(Oc3[c-]c4c(cc3)c3ccccc3n4-c3cc(CC(C)C)ccn3)cc(C(C)C)c2)c1C(C)C.[Pt+2]. The van der Waals surface area contributed by atoms with Gasteiger partial charge < -0.3 is 9.30 Å². The number of aryl methyl sites for hydroxylation is 3. The Morgan fingerprint density at radius 2 is 1.47 bits per heavy atom. The van der Waals surface area contributed by atoms with Gasteiger partial charge in [0.2, 0.25) is 0 Å². The van der Waals surface area contributed by atoms with Crippen molar-refractivity contribution < 1.29 is 25.8 Å². The van der Waals surface area contributed by atoms with Crippen LogP contribution in [-0.2, 0) is 27.5 Å². The van der Waals surface area contributed by atoms with Crippen molar-refractivity contribution in [1.29, 1.82) is 0 Å². The van der Waals surface area contributed by atoms with Crippen LogP contribution in [0.2, 0.25) is 0 Å². The van der Waals surface area contributed by atoms with Gasteiger partial charge in [-0.15, -0.1) is 41.3 Å². The van der Waals surface area contributed by atoms with Crippen molar-refractivity contribution >= 4 is 21.8 Å². The van der Waals surface area contributed by atoms with Crippen LogP contribution in [0.25, 0.3) is 44.4 Å². The number of ether oxygens (including phenoxy) is 1. The van der Waals surface area contributed by atoms with Gasteiger partial charge in [0.25, 0.3) is 0 Å². The Hall–Kier alpha value is -4.47. The van der Waals surface area contributed by atoms with Gasteiger partial charge >= 0.3 is 21.1 Å². The van der Waals surface area contributed by atoms with Crippen molar-refractivity contribution in [3.8, 4) is 34.1 Å². The Morgan fingerprint density at radius 3 is 2.18 bits per heavy atom. The minimum atomic E-state index is 0. The van der Waals surface area contributed by atoms with Crippen LogP contribution in [0.4, 0.5) is 0 Å². The van der Waals surface area contributed by atoms with Crippen molar-refractivity contribution in [3.05, 3.63) is 131 Å². The molecule has 0 saturated heterocycles. The molecule has 0 fully saturated rings. The fourth-order valence-corrected chi connectivity index (χ4v) is 7.30. The molecule has 0 radical (unpaired) electrons. The summed E-state index contributed by atoms with van der Waals surface area (Å²) in [6.07, 6.45) is 2.91. The van der Waals surface area contributed by atoms with E-state index < -0.39 is 0 Å². The second-order valence-corrected chi connectivity index (χ2v) is 14.7. The van der Waals surface area contributed by atoms with E-state index in [0.29, 0.717) is 17.4 Å². The van der Waals surface area contributed by atoms with E-state index >= 15 is 0 Å². The maximum absolute atomic E-state index is 6.68. The zero-order chi connectivity index (χ0) is 35.3. The molecule has 0 unspecified atom stereocenters. The van der Waals surface area contributed by atoms with Crippen LogP contribution in [-0.4, -0.2) is 19.3 Å². The van der Waals surface area contributed by atoms with Gasteiger partial charge in [0.05, 0.1) is 11.4 Å². The van der Waals surface area contributed by atoms with Gasteiger partial charge in [0, 0.05) is 28.8 Å². The Bertz CT molecular complexity index is 2340. The van der Waals surface area contributed by atoms with E-state index in [1.54, 1.807) is 0 Å². The van der Waals surface area contributed by atoms with E-state index in [9.17, 15) is 0 Å². The largest absolute Gasteiger partial charge is 2.00 e. The molecule has 0 amide bonds. The molecule has 262 valence electrons. The number of para-hydroxylation sites is 1. The number of pyridine rings is 1. The van der Waals surface area contributed by atoms with E-state index in [1.807, 2.05) is 12.3 Å². The second kappa shape index (κ2) is 14.6. The van der Waals surface area contributed by atoms with Gasteiger partial charge in [0.15, 0.2) is 0 Å². The normalized spacial score (nSPS) is 11.7. The Labute approximate surface area is 317 Å². The summed E-state index contributed by atoms with van der Waals surface area (Å²) in [7, 11) is 0.